The predicted molar refractivity (Wildman–Crippen MR) is 69.3 cm³/mol. The lowest BCUT2D eigenvalue weighted by Crippen LogP contribution is -2.02. The van der Waals surface area contributed by atoms with Crippen LogP contribution in [0, 0.1) is 13.8 Å². The van der Waals surface area contributed by atoms with Crippen LogP contribution in [0.1, 0.15) is 16.8 Å². The van der Waals surface area contributed by atoms with Gasteiger partial charge in [0.1, 0.15) is 0 Å². The molecule has 0 radical (unpaired) electrons. The summed E-state index contributed by atoms with van der Waals surface area (Å²) in [4.78, 5) is 4.10. The maximum Gasteiger partial charge on any atom is 0.152 e. The van der Waals surface area contributed by atoms with E-state index < -0.39 is 0 Å². The minimum atomic E-state index is 0.497. The largest absolute Gasteiger partial charge is 0.378 e. The first-order valence-corrected chi connectivity index (χ1v) is 5.79. The lowest BCUT2D eigenvalue weighted by molar-refractivity contribution is 0.738. The van der Waals surface area contributed by atoms with Crippen molar-refractivity contribution < 1.29 is 0 Å². The quantitative estimate of drug-likeness (QED) is 0.852. The van der Waals surface area contributed by atoms with Crippen LogP contribution < -0.4 is 5.32 Å². The molecule has 0 unspecified atom stereocenters. The number of nitrogens with zero attached hydrogens (tertiary/aromatic N) is 3. The van der Waals surface area contributed by atoms with Crippen LogP contribution in [0.15, 0.2) is 18.5 Å². The normalized spacial score (nSPS) is 10.6. The van der Waals surface area contributed by atoms with Crippen LogP contribution in [-0.4, -0.2) is 14.8 Å². The summed E-state index contributed by atoms with van der Waals surface area (Å²) in [5.74, 6) is 0. The minimum absolute atomic E-state index is 0.497. The van der Waals surface area contributed by atoms with Crippen molar-refractivity contribution in [2.24, 2.45) is 7.05 Å². The molecule has 0 spiro atoms. The van der Waals surface area contributed by atoms with E-state index in [0.29, 0.717) is 11.7 Å². The molecular weight excluding hydrogens is 236 g/mol. The number of aromatic nitrogens is 3. The van der Waals surface area contributed by atoms with Crippen LogP contribution in [-0.2, 0) is 13.6 Å². The maximum absolute atomic E-state index is 6.01. The molecule has 0 aliphatic rings. The Morgan fingerprint density at radius 1 is 1.35 bits per heavy atom. The van der Waals surface area contributed by atoms with Crippen LogP contribution in [0.3, 0.4) is 0 Å². The number of pyridine rings is 1. The summed E-state index contributed by atoms with van der Waals surface area (Å²) in [6.45, 7) is 4.73. The highest BCUT2D eigenvalue weighted by atomic mass is 35.5. The van der Waals surface area contributed by atoms with Gasteiger partial charge >= 0.3 is 0 Å². The third-order valence-electron chi connectivity index (χ3n) is 2.78. The predicted octanol–water partition coefficient (Wildman–Crippen LogP) is 2.70. The number of hydrogen-bond acceptors (Lipinski definition) is 3. The third kappa shape index (κ3) is 2.58. The molecule has 2 aromatic heterocycles. The molecular formula is C12H15ClN4. The minimum Gasteiger partial charge on any atom is -0.378 e. The summed E-state index contributed by atoms with van der Waals surface area (Å²) in [5.41, 5.74) is 4.24. The molecule has 0 atom stereocenters. The highest BCUT2D eigenvalue weighted by Gasteiger charge is 2.05. The molecule has 2 aromatic rings. The van der Waals surface area contributed by atoms with E-state index in [4.69, 9.17) is 11.6 Å². The molecule has 0 fully saturated rings. The zero-order valence-corrected chi connectivity index (χ0v) is 10.9. The number of anilines is 1. The van der Waals surface area contributed by atoms with Gasteiger partial charge in [0.25, 0.3) is 0 Å². The monoisotopic (exact) mass is 250 g/mol. The smallest absolute Gasteiger partial charge is 0.152 e. The summed E-state index contributed by atoms with van der Waals surface area (Å²) in [6.07, 6.45) is 3.61. The van der Waals surface area contributed by atoms with Crippen molar-refractivity contribution in [3.63, 3.8) is 0 Å². The molecule has 0 aromatic carbocycles. The first kappa shape index (κ1) is 11.9. The van der Waals surface area contributed by atoms with Crippen molar-refractivity contribution in [1.29, 1.82) is 0 Å². The second-order valence-corrected chi connectivity index (χ2v) is 4.44. The summed E-state index contributed by atoms with van der Waals surface area (Å²) in [5, 5.41) is 7.97. The van der Waals surface area contributed by atoms with Crippen molar-refractivity contribution in [2.45, 2.75) is 20.4 Å². The van der Waals surface area contributed by atoms with Gasteiger partial charge in [-0.15, -0.1) is 0 Å². The Morgan fingerprint density at radius 3 is 2.76 bits per heavy atom. The van der Waals surface area contributed by atoms with Gasteiger partial charge in [-0.25, -0.2) is 4.98 Å². The van der Waals surface area contributed by atoms with Gasteiger partial charge in [0.15, 0.2) is 5.15 Å². The zero-order chi connectivity index (χ0) is 12.4. The molecule has 1 N–H and O–H groups in total. The molecule has 0 saturated carbocycles. The van der Waals surface area contributed by atoms with Gasteiger partial charge in [0, 0.05) is 31.0 Å². The van der Waals surface area contributed by atoms with Gasteiger partial charge in [-0.1, -0.05) is 11.6 Å². The first-order chi connectivity index (χ1) is 8.08. The van der Waals surface area contributed by atoms with Crippen LogP contribution >= 0.6 is 11.6 Å². The number of halogens is 1. The molecule has 5 heteroatoms. The van der Waals surface area contributed by atoms with Crippen molar-refractivity contribution in [1.82, 2.24) is 14.8 Å². The Kier molecular flexibility index (Phi) is 3.33. The van der Waals surface area contributed by atoms with E-state index in [1.807, 2.05) is 37.8 Å². The lowest BCUT2D eigenvalue weighted by Gasteiger charge is -2.08. The van der Waals surface area contributed by atoms with Gasteiger partial charge in [0.2, 0.25) is 0 Å². The van der Waals surface area contributed by atoms with E-state index in [0.717, 1.165) is 22.5 Å². The highest BCUT2D eigenvalue weighted by Crippen LogP contribution is 2.20. The molecule has 17 heavy (non-hydrogen) atoms. The number of nitrogens with one attached hydrogen (secondary N) is 1. The number of hydrogen-bond donors (Lipinski definition) is 1. The Labute approximate surface area is 106 Å². The van der Waals surface area contributed by atoms with Crippen molar-refractivity contribution in [3.8, 4) is 0 Å². The molecule has 0 bridgehead atoms. The fraction of sp³-hybridized carbons (Fsp3) is 0.333. The van der Waals surface area contributed by atoms with Crippen LogP contribution in [0.4, 0.5) is 5.69 Å². The molecule has 0 amide bonds. The number of aryl methyl sites for hydroxylation is 2. The summed E-state index contributed by atoms with van der Waals surface area (Å²) >= 11 is 6.01. The summed E-state index contributed by atoms with van der Waals surface area (Å²) in [7, 11) is 1.93. The van der Waals surface area contributed by atoms with Gasteiger partial charge in [-0.3, -0.25) is 4.68 Å². The average Bonchev–Trinajstić information content (AvgIpc) is 2.62. The van der Waals surface area contributed by atoms with Crippen LogP contribution in [0.5, 0.6) is 0 Å². The molecule has 0 saturated heterocycles. The molecule has 4 nitrogen and oxygen atoms in total. The second-order valence-electron chi connectivity index (χ2n) is 4.08. The van der Waals surface area contributed by atoms with E-state index in [1.165, 1.54) is 0 Å². The first-order valence-electron chi connectivity index (χ1n) is 5.41. The second kappa shape index (κ2) is 4.75. The maximum atomic E-state index is 6.01. The zero-order valence-electron chi connectivity index (χ0n) is 10.2. The Balaban J connectivity index is 2.12. The Hall–Kier alpha value is -1.55. The number of rotatable bonds is 3. The van der Waals surface area contributed by atoms with Crippen molar-refractivity contribution in [2.75, 3.05) is 5.32 Å². The average molecular weight is 251 g/mol. The lowest BCUT2D eigenvalue weighted by atomic mass is 10.2. The van der Waals surface area contributed by atoms with Gasteiger partial charge in [-0.05, 0) is 25.5 Å². The fourth-order valence-corrected chi connectivity index (χ4v) is 1.75. The van der Waals surface area contributed by atoms with Crippen LogP contribution in [0.25, 0.3) is 0 Å². The summed E-state index contributed by atoms with van der Waals surface area (Å²) < 4.78 is 1.85. The van der Waals surface area contributed by atoms with E-state index in [1.54, 1.807) is 6.20 Å². The fourth-order valence-electron chi connectivity index (χ4n) is 1.58. The van der Waals surface area contributed by atoms with Crippen molar-refractivity contribution >= 4 is 17.3 Å². The van der Waals surface area contributed by atoms with E-state index >= 15 is 0 Å². The summed E-state index contributed by atoms with van der Waals surface area (Å²) in [6, 6.07) is 1.99. The SMILES string of the molecule is Cc1cnc(Cl)c(NCc2cnn(C)c2C)c1. The topological polar surface area (TPSA) is 42.7 Å². The molecule has 90 valence electrons. The molecule has 0 aliphatic heterocycles. The Bertz CT molecular complexity index is 533. The van der Waals surface area contributed by atoms with Crippen LogP contribution in [0.2, 0.25) is 5.15 Å². The van der Waals surface area contributed by atoms with Gasteiger partial charge < -0.3 is 5.32 Å². The van der Waals surface area contributed by atoms with Gasteiger partial charge in [0.05, 0.1) is 11.9 Å². The molecule has 0 aliphatic carbocycles. The molecule has 2 heterocycles. The Morgan fingerprint density at radius 2 is 2.12 bits per heavy atom. The highest BCUT2D eigenvalue weighted by molar-refractivity contribution is 6.31. The van der Waals surface area contributed by atoms with E-state index in [2.05, 4.69) is 15.4 Å². The van der Waals surface area contributed by atoms with Crippen molar-refractivity contribution in [3.05, 3.63) is 40.4 Å². The standard InChI is InChI=1S/C12H15ClN4/c1-8-4-11(12(13)15-5-8)14-6-10-7-16-17(3)9(10)2/h4-5,7,14H,6H2,1-3H3. The van der Waals surface area contributed by atoms with E-state index in [-0.39, 0.29) is 0 Å². The van der Waals surface area contributed by atoms with Gasteiger partial charge in [-0.2, -0.15) is 5.10 Å². The molecule has 2 rings (SSSR count). The third-order valence-corrected chi connectivity index (χ3v) is 3.08. The van der Waals surface area contributed by atoms with E-state index in [9.17, 15) is 0 Å².